The maximum Gasteiger partial charge on any atom is 0.274 e. The Labute approximate surface area is 180 Å². The van der Waals surface area contributed by atoms with Crippen LogP contribution >= 0.6 is 0 Å². The van der Waals surface area contributed by atoms with Crippen LogP contribution in [0.15, 0.2) is 41.3 Å². The third-order valence-electron chi connectivity index (χ3n) is 5.10. The number of amides is 1. The van der Waals surface area contributed by atoms with Crippen molar-refractivity contribution in [2.75, 3.05) is 18.4 Å². The van der Waals surface area contributed by atoms with Gasteiger partial charge in [0.1, 0.15) is 12.8 Å². The normalized spacial score (nSPS) is 19.4. The molecule has 3 rings (SSSR count). The highest BCUT2D eigenvalue weighted by molar-refractivity contribution is 7.89. The Kier molecular flexibility index (Phi) is 6.86. The Morgan fingerprint density at radius 2 is 1.84 bits per heavy atom. The number of nitrogens with one attached hydrogen (secondary N) is 1. The van der Waals surface area contributed by atoms with E-state index in [1.54, 1.807) is 0 Å². The van der Waals surface area contributed by atoms with Crippen LogP contribution in [0.3, 0.4) is 0 Å². The minimum Gasteiger partial charge on any atom is -0.387 e. The first kappa shape index (κ1) is 24.1. The molecule has 32 heavy (non-hydrogen) atoms. The fourth-order valence-corrected chi connectivity index (χ4v) is 4.92. The number of anilines is 1. The van der Waals surface area contributed by atoms with Gasteiger partial charge in [-0.3, -0.25) is 4.79 Å². The highest BCUT2D eigenvalue weighted by atomic mass is 32.2. The van der Waals surface area contributed by atoms with Gasteiger partial charge in [0.05, 0.1) is 4.90 Å². The molecule has 1 saturated heterocycles. The van der Waals surface area contributed by atoms with Gasteiger partial charge in [-0.1, -0.05) is 6.07 Å². The van der Waals surface area contributed by atoms with Gasteiger partial charge in [0, 0.05) is 42.4 Å². The number of alkyl halides is 3. The lowest BCUT2D eigenvalue weighted by molar-refractivity contribution is -0.108. The van der Waals surface area contributed by atoms with Gasteiger partial charge < -0.3 is 10.4 Å². The van der Waals surface area contributed by atoms with E-state index in [9.17, 15) is 40.3 Å². The molecule has 174 valence electrons. The molecule has 1 amide bonds. The quantitative estimate of drug-likeness (QED) is 0.645. The molecule has 1 heterocycles. The topological polar surface area (TPSA) is 86.7 Å². The number of carbonyl (C=O) groups is 1. The van der Waals surface area contributed by atoms with Crippen molar-refractivity contribution >= 4 is 21.6 Å². The van der Waals surface area contributed by atoms with E-state index in [0.29, 0.717) is 4.31 Å². The molecule has 0 spiro atoms. The fraction of sp³-hybridized carbons (Fsp3) is 0.350. The molecule has 0 radical (unpaired) electrons. The van der Waals surface area contributed by atoms with Crippen LogP contribution < -0.4 is 5.32 Å². The Bertz CT molecular complexity index is 1130. The first-order valence-electron chi connectivity index (χ1n) is 9.47. The minimum atomic E-state index is -4.48. The average molecular weight is 478 g/mol. The van der Waals surface area contributed by atoms with Crippen molar-refractivity contribution in [2.24, 2.45) is 0 Å². The Morgan fingerprint density at radius 3 is 2.50 bits per heavy atom. The standard InChI is InChI=1S/C20H19F5N2O4S/c21-11-13-2-1-12(19(29)26-14-3-4-15(22)16(23)10-14)9-17(13)32(30,31)27-7-5-18(28)20(24,25)6-8-27/h1-4,9-10,18,28H,5-8,11H2,(H,26,29). The summed E-state index contributed by atoms with van der Waals surface area (Å²) in [6.07, 6.45) is -3.46. The second-order valence-corrected chi connectivity index (χ2v) is 9.17. The molecular weight excluding hydrogens is 459 g/mol. The minimum absolute atomic E-state index is 0.100. The summed E-state index contributed by atoms with van der Waals surface area (Å²) in [4.78, 5) is 11.9. The molecule has 12 heteroatoms. The summed E-state index contributed by atoms with van der Waals surface area (Å²) in [6, 6.07) is 5.70. The summed E-state index contributed by atoms with van der Waals surface area (Å²) in [5.74, 6) is -6.69. The van der Waals surface area contributed by atoms with E-state index in [1.807, 2.05) is 0 Å². The van der Waals surface area contributed by atoms with E-state index in [2.05, 4.69) is 5.32 Å². The number of halogens is 5. The second kappa shape index (κ2) is 9.12. The number of sulfonamides is 1. The number of benzene rings is 2. The number of aliphatic hydroxyl groups excluding tert-OH is 1. The lowest BCUT2D eigenvalue weighted by atomic mass is 10.1. The van der Waals surface area contributed by atoms with Crippen LogP contribution in [0.1, 0.15) is 28.8 Å². The van der Waals surface area contributed by atoms with Gasteiger partial charge >= 0.3 is 0 Å². The van der Waals surface area contributed by atoms with Crippen molar-refractivity contribution in [1.82, 2.24) is 4.31 Å². The molecule has 6 nitrogen and oxygen atoms in total. The van der Waals surface area contributed by atoms with E-state index < -0.39 is 77.1 Å². The first-order chi connectivity index (χ1) is 15.0. The third-order valence-corrected chi connectivity index (χ3v) is 7.08. The van der Waals surface area contributed by atoms with Crippen LogP contribution in [-0.4, -0.2) is 48.9 Å². The largest absolute Gasteiger partial charge is 0.387 e. The van der Waals surface area contributed by atoms with Crippen LogP contribution in [0.2, 0.25) is 0 Å². The zero-order chi connectivity index (χ0) is 23.7. The number of hydrogen-bond donors (Lipinski definition) is 2. The van der Waals surface area contributed by atoms with Crippen molar-refractivity contribution in [1.29, 1.82) is 0 Å². The maximum atomic E-state index is 13.8. The zero-order valence-corrected chi connectivity index (χ0v) is 17.3. The van der Waals surface area contributed by atoms with Crippen molar-refractivity contribution in [3.63, 3.8) is 0 Å². The molecule has 1 atom stereocenters. The van der Waals surface area contributed by atoms with Crippen molar-refractivity contribution in [3.05, 3.63) is 59.2 Å². The van der Waals surface area contributed by atoms with Gasteiger partial charge in [-0.25, -0.2) is 30.4 Å². The van der Waals surface area contributed by atoms with E-state index >= 15 is 0 Å². The number of rotatable bonds is 5. The van der Waals surface area contributed by atoms with Crippen LogP contribution in [0.5, 0.6) is 0 Å². The lowest BCUT2D eigenvalue weighted by Crippen LogP contribution is -2.34. The number of hydrogen-bond acceptors (Lipinski definition) is 4. The fourth-order valence-electron chi connectivity index (χ4n) is 3.23. The summed E-state index contributed by atoms with van der Waals surface area (Å²) >= 11 is 0. The molecule has 2 aromatic rings. The van der Waals surface area contributed by atoms with Gasteiger partial charge in [0.15, 0.2) is 11.6 Å². The molecule has 0 saturated carbocycles. The summed E-state index contributed by atoms with van der Waals surface area (Å²) < 4.78 is 94.2. The molecule has 1 aliphatic heterocycles. The summed E-state index contributed by atoms with van der Waals surface area (Å²) in [7, 11) is -4.48. The van der Waals surface area contributed by atoms with E-state index in [-0.39, 0.29) is 16.8 Å². The highest BCUT2D eigenvalue weighted by Gasteiger charge is 2.43. The van der Waals surface area contributed by atoms with Gasteiger partial charge in [-0.05, 0) is 30.7 Å². The molecule has 2 N–H and O–H groups in total. The number of nitrogens with zero attached hydrogens (tertiary/aromatic N) is 1. The van der Waals surface area contributed by atoms with Crippen LogP contribution in [0.4, 0.5) is 27.6 Å². The van der Waals surface area contributed by atoms with Crippen molar-refractivity contribution < 1.29 is 40.3 Å². The molecule has 1 aliphatic rings. The molecule has 1 fully saturated rings. The van der Waals surface area contributed by atoms with Gasteiger partial charge in [0.2, 0.25) is 10.0 Å². The molecular formula is C20H19F5N2O4S. The molecule has 1 unspecified atom stereocenters. The third kappa shape index (κ3) is 4.92. The van der Waals surface area contributed by atoms with Crippen LogP contribution in [-0.2, 0) is 16.7 Å². The number of aliphatic hydroxyl groups is 1. The van der Waals surface area contributed by atoms with Gasteiger partial charge in [-0.2, -0.15) is 4.31 Å². The average Bonchev–Trinajstić information content (AvgIpc) is 2.88. The molecule has 2 aromatic carbocycles. The molecule has 0 aromatic heterocycles. The lowest BCUT2D eigenvalue weighted by Gasteiger charge is -2.21. The first-order valence-corrected chi connectivity index (χ1v) is 10.9. The van der Waals surface area contributed by atoms with Crippen molar-refractivity contribution in [2.45, 2.75) is 36.4 Å². The predicted octanol–water partition coefficient (Wildman–Crippen LogP) is 3.47. The Hall–Kier alpha value is -2.57. The predicted molar refractivity (Wildman–Crippen MR) is 105 cm³/mol. The smallest absolute Gasteiger partial charge is 0.274 e. The summed E-state index contributed by atoms with van der Waals surface area (Å²) in [6.45, 7) is -2.23. The van der Waals surface area contributed by atoms with E-state index in [4.69, 9.17) is 0 Å². The Morgan fingerprint density at radius 1 is 1.12 bits per heavy atom. The number of carbonyl (C=O) groups excluding carboxylic acids is 1. The SMILES string of the molecule is O=C(Nc1ccc(F)c(F)c1)c1ccc(CF)c(S(=O)(=O)N2CCC(O)C(F)(F)CC2)c1. The highest BCUT2D eigenvalue weighted by Crippen LogP contribution is 2.32. The van der Waals surface area contributed by atoms with E-state index in [0.717, 1.165) is 36.4 Å². The van der Waals surface area contributed by atoms with Crippen molar-refractivity contribution in [3.8, 4) is 0 Å². The Balaban J connectivity index is 1.91. The van der Waals surface area contributed by atoms with Crippen LogP contribution in [0, 0.1) is 11.6 Å². The zero-order valence-electron chi connectivity index (χ0n) is 16.5. The summed E-state index contributed by atoms with van der Waals surface area (Å²) in [5.41, 5.74) is -0.617. The van der Waals surface area contributed by atoms with E-state index in [1.165, 1.54) is 0 Å². The maximum absolute atomic E-state index is 13.8. The summed E-state index contributed by atoms with van der Waals surface area (Å²) in [5, 5.41) is 11.8. The van der Waals surface area contributed by atoms with Gasteiger partial charge in [0.25, 0.3) is 11.8 Å². The monoisotopic (exact) mass is 478 g/mol. The van der Waals surface area contributed by atoms with Crippen LogP contribution in [0.25, 0.3) is 0 Å². The van der Waals surface area contributed by atoms with Gasteiger partial charge in [-0.15, -0.1) is 0 Å². The second-order valence-electron chi connectivity index (χ2n) is 7.26. The molecule has 0 bridgehead atoms. The molecule has 0 aliphatic carbocycles.